The van der Waals surface area contributed by atoms with Crippen molar-refractivity contribution in [3.8, 4) is 5.75 Å². The number of aryl methyl sites for hydroxylation is 1. The van der Waals surface area contributed by atoms with E-state index in [0.717, 1.165) is 30.2 Å². The van der Waals surface area contributed by atoms with Crippen LogP contribution in [0.4, 0.5) is 8.78 Å². The van der Waals surface area contributed by atoms with Gasteiger partial charge in [0.2, 0.25) is 5.91 Å². The Hall–Kier alpha value is -2.51. The maximum Gasteiger partial charge on any atom is 0.217 e. The van der Waals surface area contributed by atoms with Gasteiger partial charge >= 0.3 is 0 Å². The highest BCUT2D eigenvalue weighted by atomic mass is 19.1. The van der Waals surface area contributed by atoms with E-state index in [0.29, 0.717) is 18.7 Å². The molecule has 0 radical (unpaired) electrons. The molecule has 1 aliphatic rings. The summed E-state index contributed by atoms with van der Waals surface area (Å²) in [5.74, 6) is -0.665. The molecule has 162 valence electrons. The second-order valence-corrected chi connectivity index (χ2v) is 7.78. The van der Waals surface area contributed by atoms with Gasteiger partial charge in [-0.1, -0.05) is 19.1 Å². The molecule has 3 unspecified atom stereocenters. The zero-order chi connectivity index (χ0) is 21.7. The zero-order valence-corrected chi connectivity index (χ0v) is 17.4. The lowest BCUT2D eigenvalue weighted by Gasteiger charge is -2.30. The number of hydrogen-bond acceptors (Lipinski definition) is 4. The summed E-state index contributed by atoms with van der Waals surface area (Å²) in [6.45, 7) is 4.56. The standard InChI is InChI=1S/C23H29F2N3O2/c1-3-15-4-5-23-19(10-15)21(6-7-30-23)27-13-20(26)22(28-14(2)29)11-16-8-17(24)12-18(25)9-16/h4-5,8-10,12,20-22,27H,3,6-7,11,13,26H2,1-2H3,(H,28,29). The maximum atomic E-state index is 13.6. The number of benzene rings is 2. The molecule has 0 aliphatic carbocycles. The molecule has 0 bridgehead atoms. The van der Waals surface area contributed by atoms with Gasteiger partial charge in [-0.3, -0.25) is 4.79 Å². The lowest BCUT2D eigenvalue weighted by atomic mass is 9.96. The van der Waals surface area contributed by atoms with Crippen molar-refractivity contribution in [2.24, 2.45) is 5.73 Å². The Labute approximate surface area is 176 Å². The minimum atomic E-state index is -0.649. The van der Waals surface area contributed by atoms with Crippen molar-refractivity contribution in [1.29, 1.82) is 0 Å². The Kier molecular flexibility index (Phi) is 7.39. The quantitative estimate of drug-likeness (QED) is 0.617. The Morgan fingerprint density at radius 3 is 2.60 bits per heavy atom. The minimum Gasteiger partial charge on any atom is -0.493 e. The number of halogens is 2. The molecule has 0 fully saturated rings. The summed E-state index contributed by atoms with van der Waals surface area (Å²) >= 11 is 0. The Balaban J connectivity index is 1.69. The topological polar surface area (TPSA) is 76.4 Å². The molecule has 0 spiro atoms. The molecule has 3 rings (SSSR count). The summed E-state index contributed by atoms with van der Waals surface area (Å²) in [5, 5.41) is 6.31. The molecule has 4 N–H and O–H groups in total. The fourth-order valence-corrected chi connectivity index (χ4v) is 3.85. The first-order valence-electron chi connectivity index (χ1n) is 10.3. The number of amides is 1. The summed E-state index contributed by atoms with van der Waals surface area (Å²) in [5.41, 5.74) is 9.18. The van der Waals surface area contributed by atoms with Gasteiger partial charge in [0.05, 0.1) is 6.61 Å². The van der Waals surface area contributed by atoms with Crippen LogP contribution in [0.2, 0.25) is 0 Å². The number of nitrogens with two attached hydrogens (primary N) is 1. The Morgan fingerprint density at radius 2 is 1.93 bits per heavy atom. The van der Waals surface area contributed by atoms with Gasteiger partial charge in [0.15, 0.2) is 0 Å². The first-order valence-corrected chi connectivity index (χ1v) is 10.3. The van der Waals surface area contributed by atoms with E-state index >= 15 is 0 Å². The van der Waals surface area contributed by atoms with Crippen molar-refractivity contribution in [3.63, 3.8) is 0 Å². The van der Waals surface area contributed by atoms with Crippen molar-refractivity contribution in [1.82, 2.24) is 10.6 Å². The van der Waals surface area contributed by atoms with Crippen molar-refractivity contribution >= 4 is 5.91 Å². The maximum absolute atomic E-state index is 13.6. The number of carbonyl (C=O) groups excluding carboxylic acids is 1. The monoisotopic (exact) mass is 417 g/mol. The van der Waals surface area contributed by atoms with Gasteiger partial charge in [-0.15, -0.1) is 0 Å². The first kappa shape index (κ1) is 22.2. The first-order chi connectivity index (χ1) is 14.4. The number of fused-ring (bicyclic) bond motifs is 1. The average Bonchev–Trinajstić information content (AvgIpc) is 2.70. The van der Waals surface area contributed by atoms with E-state index in [9.17, 15) is 13.6 Å². The van der Waals surface area contributed by atoms with E-state index in [1.165, 1.54) is 24.6 Å². The van der Waals surface area contributed by atoms with Crippen molar-refractivity contribution in [2.45, 2.75) is 51.2 Å². The smallest absolute Gasteiger partial charge is 0.217 e. The van der Waals surface area contributed by atoms with Gasteiger partial charge < -0.3 is 21.1 Å². The van der Waals surface area contributed by atoms with Gasteiger partial charge in [-0.2, -0.15) is 0 Å². The molecule has 2 aromatic rings. The summed E-state index contributed by atoms with van der Waals surface area (Å²) in [4.78, 5) is 11.7. The molecular weight excluding hydrogens is 388 g/mol. The largest absolute Gasteiger partial charge is 0.493 e. The third kappa shape index (κ3) is 5.77. The van der Waals surface area contributed by atoms with E-state index in [1.54, 1.807) is 0 Å². The Morgan fingerprint density at radius 1 is 1.20 bits per heavy atom. The minimum absolute atomic E-state index is 0.0934. The van der Waals surface area contributed by atoms with Crippen LogP contribution in [0, 0.1) is 11.6 Å². The summed E-state index contributed by atoms with van der Waals surface area (Å²) in [6.07, 6.45) is 1.99. The van der Waals surface area contributed by atoms with Crippen LogP contribution in [-0.4, -0.2) is 31.1 Å². The van der Waals surface area contributed by atoms with Crippen LogP contribution in [-0.2, 0) is 17.6 Å². The lowest BCUT2D eigenvalue weighted by molar-refractivity contribution is -0.119. The van der Waals surface area contributed by atoms with E-state index < -0.39 is 23.7 Å². The third-order valence-electron chi connectivity index (χ3n) is 5.41. The molecule has 30 heavy (non-hydrogen) atoms. The van der Waals surface area contributed by atoms with E-state index in [-0.39, 0.29) is 18.4 Å². The molecule has 1 amide bonds. The molecule has 5 nitrogen and oxygen atoms in total. The van der Waals surface area contributed by atoms with Crippen molar-refractivity contribution in [3.05, 3.63) is 64.7 Å². The molecule has 0 saturated carbocycles. The highest BCUT2D eigenvalue weighted by Gasteiger charge is 2.25. The molecule has 0 aromatic heterocycles. The number of rotatable bonds is 8. The van der Waals surface area contributed by atoms with Crippen LogP contribution in [0.3, 0.4) is 0 Å². The summed E-state index contributed by atoms with van der Waals surface area (Å²) in [7, 11) is 0. The predicted molar refractivity (Wildman–Crippen MR) is 112 cm³/mol. The van der Waals surface area contributed by atoms with E-state index in [1.807, 2.05) is 6.07 Å². The molecule has 1 heterocycles. The highest BCUT2D eigenvalue weighted by molar-refractivity contribution is 5.73. The highest BCUT2D eigenvalue weighted by Crippen LogP contribution is 2.32. The normalized spacial score (nSPS) is 17.6. The van der Waals surface area contributed by atoms with Gasteiger partial charge in [0.1, 0.15) is 17.4 Å². The Bertz CT molecular complexity index is 870. The number of ether oxygens (including phenoxy) is 1. The third-order valence-corrected chi connectivity index (χ3v) is 5.41. The summed E-state index contributed by atoms with van der Waals surface area (Å²) in [6, 6.07) is 8.76. The fourth-order valence-electron chi connectivity index (χ4n) is 3.85. The lowest BCUT2D eigenvalue weighted by Crippen LogP contribution is -2.53. The van der Waals surface area contributed by atoms with E-state index in [4.69, 9.17) is 10.5 Å². The number of carbonyl (C=O) groups is 1. The fraction of sp³-hybridized carbons (Fsp3) is 0.435. The van der Waals surface area contributed by atoms with Crippen molar-refractivity contribution < 1.29 is 18.3 Å². The van der Waals surface area contributed by atoms with Gasteiger partial charge in [-0.25, -0.2) is 8.78 Å². The van der Waals surface area contributed by atoms with Crippen LogP contribution in [0.25, 0.3) is 0 Å². The number of hydrogen-bond donors (Lipinski definition) is 3. The molecular formula is C23H29F2N3O2. The summed E-state index contributed by atoms with van der Waals surface area (Å²) < 4.78 is 32.9. The number of nitrogens with one attached hydrogen (secondary N) is 2. The van der Waals surface area contributed by atoms with Crippen molar-refractivity contribution in [2.75, 3.05) is 13.2 Å². The zero-order valence-electron chi connectivity index (χ0n) is 17.4. The van der Waals surface area contributed by atoms with Crippen LogP contribution in [0.1, 0.15) is 43.0 Å². The molecule has 3 atom stereocenters. The van der Waals surface area contributed by atoms with Crippen LogP contribution in [0.15, 0.2) is 36.4 Å². The van der Waals surface area contributed by atoms with Gasteiger partial charge in [-0.05, 0) is 42.2 Å². The van der Waals surface area contributed by atoms with Gasteiger partial charge in [0, 0.05) is 49.6 Å². The van der Waals surface area contributed by atoms with Crippen LogP contribution in [0.5, 0.6) is 5.75 Å². The molecule has 2 aromatic carbocycles. The van der Waals surface area contributed by atoms with E-state index in [2.05, 4.69) is 29.7 Å². The molecule has 0 saturated heterocycles. The van der Waals surface area contributed by atoms with Gasteiger partial charge in [0.25, 0.3) is 0 Å². The SMILES string of the molecule is CCc1ccc2c(c1)C(NCC(N)C(Cc1cc(F)cc(F)c1)NC(C)=O)CCO2. The second kappa shape index (κ2) is 10.00. The van der Waals surface area contributed by atoms with Crippen LogP contribution < -0.4 is 21.1 Å². The average molecular weight is 418 g/mol. The molecule has 1 aliphatic heterocycles. The predicted octanol–water partition coefficient (Wildman–Crippen LogP) is 3.02. The second-order valence-electron chi connectivity index (χ2n) is 7.78. The van der Waals surface area contributed by atoms with Crippen LogP contribution >= 0.6 is 0 Å². The molecule has 7 heteroatoms.